The number of anilines is 1. The maximum absolute atomic E-state index is 11.7. The zero-order valence-corrected chi connectivity index (χ0v) is 11.7. The first kappa shape index (κ1) is 12.4. The summed E-state index contributed by atoms with van der Waals surface area (Å²) in [6.07, 6.45) is 3.44. The number of hydrogen-bond donors (Lipinski definition) is 1. The highest BCUT2D eigenvalue weighted by Gasteiger charge is 2.25. The molecule has 5 heteroatoms. The summed E-state index contributed by atoms with van der Waals surface area (Å²) in [6, 6.07) is 4.40. The van der Waals surface area contributed by atoms with Crippen LogP contribution in [0.5, 0.6) is 0 Å². The molecule has 1 aliphatic heterocycles. The highest BCUT2D eigenvalue weighted by Crippen LogP contribution is 2.28. The second-order valence-electron chi connectivity index (χ2n) is 4.82. The van der Waals surface area contributed by atoms with Crippen molar-refractivity contribution >= 4 is 33.1 Å². The molecule has 1 saturated heterocycles. The van der Waals surface area contributed by atoms with Crippen LogP contribution < -0.4 is 5.32 Å². The van der Waals surface area contributed by atoms with Crippen LogP contribution in [0.25, 0.3) is 10.2 Å². The van der Waals surface area contributed by atoms with Crippen molar-refractivity contribution in [1.29, 1.82) is 0 Å². The van der Waals surface area contributed by atoms with Crippen LogP contribution in [-0.4, -0.2) is 34.9 Å². The second kappa shape index (κ2) is 5.17. The van der Waals surface area contributed by atoms with Crippen LogP contribution in [0.4, 0.5) is 5.69 Å². The number of fused-ring (bicyclic) bond motifs is 1. The number of likely N-dealkylation sites (tertiary alicyclic amines) is 1. The predicted octanol–water partition coefficient (Wildman–Crippen LogP) is 2.72. The molecule has 100 valence electrons. The molecule has 1 atom stereocenters. The smallest absolute Gasteiger partial charge is 0.222 e. The molecule has 0 aliphatic carbocycles. The van der Waals surface area contributed by atoms with E-state index in [-0.39, 0.29) is 5.91 Å². The number of aromatic nitrogens is 1. The topological polar surface area (TPSA) is 45.2 Å². The molecule has 19 heavy (non-hydrogen) atoms. The van der Waals surface area contributed by atoms with Crippen LogP contribution in [0.2, 0.25) is 0 Å². The first-order chi connectivity index (χ1) is 9.28. The number of hydrogen-bond acceptors (Lipinski definition) is 4. The van der Waals surface area contributed by atoms with Crippen molar-refractivity contribution in [3.8, 4) is 0 Å². The number of carbonyl (C=O) groups excluding carboxylic acids is 1. The van der Waals surface area contributed by atoms with Crippen molar-refractivity contribution in [1.82, 2.24) is 9.88 Å². The summed E-state index contributed by atoms with van der Waals surface area (Å²) in [6.45, 7) is 3.59. The molecule has 1 unspecified atom stereocenters. The Bertz CT molecular complexity index is 595. The first-order valence-corrected chi connectivity index (χ1v) is 7.52. The number of nitrogens with one attached hydrogen (secondary N) is 1. The molecule has 1 amide bonds. The van der Waals surface area contributed by atoms with E-state index in [2.05, 4.69) is 15.7 Å². The number of carbonyl (C=O) groups is 1. The van der Waals surface area contributed by atoms with Gasteiger partial charge in [0.15, 0.2) is 0 Å². The Balaban J connectivity index is 1.73. The van der Waals surface area contributed by atoms with Crippen molar-refractivity contribution < 1.29 is 4.79 Å². The fourth-order valence-corrected chi connectivity index (χ4v) is 3.36. The third-order valence-corrected chi connectivity index (χ3v) is 4.48. The Morgan fingerprint density at radius 3 is 3.32 bits per heavy atom. The SMILES string of the molecule is CCC(=O)N1CCC(Nc2ccnc3ccsc23)C1. The molecule has 2 aromatic heterocycles. The molecule has 0 saturated carbocycles. The summed E-state index contributed by atoms with van der Waals surface area (Å²) < 4.78 is 1.20. The number of thiophene rings is 1. The minimum Gasteiger partial charge on any atom is -0.379 e. The summed E-state index contributed by atoms with van der Waals surface area (Å²) >= 11 is 1.70. The zero-order valence-electron chi connectivity index (χ0n) is 10.9. The standard InChI is InChI=1S/C14H17N3OS/c1-2-13(18)17-7-4-10(9-17)16-12-3-6-15-11-5-8-19-14(11)12/h3,5-6,8,10H,2,4,7,9H2,1H3,(H,15,16). The van der Waals surface area contributed by atoms with Crippen molar-refractivity contribution in [2.45, 2.75) is 25.8 Å². The monoisotopic (exact) mass is 275 g/mol. The lowest BCUT2D eigenvalue weighted by Crippen LogP contribution is -2.30. The average Bonchev–Trinajstić information content (AvgIpc) is 3.07. The van der Waals surface area contributed by atoms with Crippen LogP contribution in [0.15, 0.2) is 23.7 Å². The van der Waals surface area contributed by atoms with E-state index in [1.54, 1.807) is 11.3 Å². The largest absolute Gasteiger partial charge is 0.379 e. The normalized spacial score (nSPS) is 19.0. The van der Waals surface area contributed by atoms with Crippen molar-refractivity contribution in [3.63, 3.8) is 0 Å². The minimum atomic E-state index is 0.250. The third kappa shape index (κ3) is 2.42. The minimum absolute atomic E-state index is 0.250. The molecule has 1 aliphatic rings. The van der Waals surface area contributed by atoms with E-state index in [1.165, 1.54) is 4.70 Å². The van der Waals surface area contributed by atoms with Crippen LogP contribution in [0.3, 0.4) is 0 Å². The van der Waals surface area contributed by atoms with E-state index in [0.717, 1.165) is 30.7 Å². The molecule has 0 bridgehead atoms. The van der Waals surface area contributed by atoms with Crippen molar-refractivity contribution in [3.05, 3.63) is 23.7 Å². The Hall–Kier alpha value is -1.62. The number of amides is 1. The lowest BCUT2D eigenvalue weighted by Gasteiger charge is -2.17. The van der Waals surface area contributed by atoms with Gasteiger partial charge in [-0.15, -0.1) is 11.3 Å². The fraction of sp³-hybridized carbons (Fsp3) is 0.429. The molecule has 0 radical (unpaired) electrons. The van der Waals surface area contributed by atoms with Gasteiger partial charge < -0.3 is 10.2 Å². The van der Waals surface area contributed by atoms with Gasteiger partial charge in [-0.25, -0.2) is 0 Å². The van der Waals surface area contributed by atoms with Crippen LogP contribution in [0, 0.1) is 0 Å². The predicted molar refractivity (Wildman–Crippen MR) is 78.5 cm³/mol. The van der Waals surface area contributed by atoms with Crippen molar-refractivity contribution in [2.24, 2.45) is 0 Å². The molecule has 0 aromatic carbocycles. The van der Waals surface area contributed by atoms with Gasteiger partial charge in [0.1, 0.15) is 0 Å². The maximum Gasteiger partial charge on any atom is 0.222 e. The van der Waals surface area contributed by atoms with Gasteiger partial charge in [0.2, 0.25) is 5.91 Å². The van der Waals surface area contributed by atoms with Gasteiger partial charge >= 0.3 is 0 Å². The molecule has 3 rings (SSSR count). The molecule has 1 N–H and O–H groups in total. The fourth-order valence-electron chi connectivity index (χ4n) is 2.54. The third-order valence-electron chi connectivity index (χ3n) is 3.55. The van der Waals surface area contributed by atoms with Gasteiger partial charge in [0.25, 0.3) is 0 Å². The molecule has 0 spiro atoms. The molecule has 3 heterocycles. The second-order valence-corrected chi connectivity index (χ2v) is 5.73. The van der Waals surface area contributed by atoms with Crippen LogP contribution in [0.1, 0.15) is 19.8 Å². The summed E-state index contributed by atoms with van der Waals surface area (Å²) in [7, 11) is 0. The van der Waals surface area contributed by atoms with E-state index in [0.29, 0.717) is 12.5 Å². The van der Waals surface area contributed by atoms with E-state index in [9.17, 15) is 4.79 Å². The lowest BCUT2D eigenvalue weighted by atomic mass is 10.2. The van der Waals surface area contributed by atoms with Gasteiger partial charge in [-0.1, -0.05) is 6.92 Å². The Kier molecular flexibility index (Phi) is 3.38. The molecule has 1 fully saturated rings. The summed E-state index contributed by atoms with van der Waals surface area (Å²) in [5, 5.41) is 5.62. The van der Waals surface area contributed by atoms with E-state index >= 15 is 0 Å². The molecule has 2 aromatic rings. The van der Waals surface area contributed by atoms with Gasteiger partial charge in [-0.05, 0) is 23.9 Å². The Labute approximate surface area is 116 Å². The van der Waals surface area contributed by atoms with Crippen LogP contribution >= 0.6 is 11.3 Å². The van der Waals surface area contributed by atoms with Gasteiger partial charge in [-0.3, -0.25) is 9.78 Å². The highest BCUT2D eigenvalue weighted by molar-refractivity contribution is 7.17. The quantitative estimate of drug-likeness (QED) is 0.936. The lowest BCUT2D eigenvalue weighted by molar-refractivity contribution is -0.129. The highest BCUT2D eigenvalue weighted by atomic mass is 32.1. The van der Waals surface area contributed by atoms with E-state index in [4.69, 9.17) is 0 Å². The molecular formula is C14H17N3OS. The van der Waals surface area contributed by atoms with Gasteiger partial charge in [-0.2, -0.15) is 0 Å². The van der Waals surface area contributed by atoms with Gasteiger partial charge in [0.05, 0.1) is 15.9 Å². The van der Waals surface area contributed by atoms with E-state index in [1.807, 2.05) is 30.2 Å². The Morgan fingerprint density at radius 2 is 2.47 bits per heavy atom. The number of pyridine rings is 1. The first-order valence-electron chi connectivity index (χ1n) is 6.64. The average molecular weight is 275 g/mol. The summed E-state index contributed by atoms with van der Waals surface area (Å²) in [5.41, 5.74) is 2.17. The number of nitrogens with zero attached hydrogens (tertiary/aromatic N) is 2. The summed E-state index contributed by atoms with van der Waals surface area (Å²) in [4.78, 5) is 18.0. The molecular weight excluding hydrogens is 258 g/mol. The maximum atomic E-state index is 11.7. The van der Waals surface area contributed by atoms with E-state index < -0.39 is 0 Å². The van der Waals surface area contributed by atoms with Crippen molar-refractivity contribution in [2.75, 3.05) is 18.4 Å². The Morgan fingerprint density at radius 1 is 1.58 bits per heavy atom. The zero-order chi connectivity index (χ0) is 13.2. The summed E-state index contributed by atoms with van der Waals surface area (Å²) in [5.74, 6) is 0.250. The number of rotatable bonds is 3. The van der Waals surface area contributed by atoms with Crippen LogP contribution in [-0.2, 0) is 4.79 Å². The molecule has 4 nitrogen and oxygen atoms in total. The van der Waals surface area contributed by atoms with Gasteiger partial charge in [0, 0.05) is 31.7 Å².